The number of ether oxygens (including phenoxy) is 3. The molecule has 1 unspecified atom stereocenters. The van der Waals surface area contributed by atoms with Crippen molar-refractivity contribution in [3.63, 3.8) is 0 Å². The number of hydrogen-bond donors (Lipinski definition) is 0. The Kier molecular flexibility index (Phi) is 7.97. The number of carbonyl (C=O) groups is 1. The molecule has 0 radical (unpaired) electrons. The highest BCUT2D eigenvalue weighted by Gasteiger charge is 2.39. The Morgan fingerprint density at radius 2 is 1.82 bits per heavy atom. The van der Waals surface area contributed by atoms with Crippen LogP contribution in [0.1, 0.15) is 90.2 Å². The van der Waals surface area contributed by atoms with Gasteiger partial charge in [0.2, 0.25) is 0 Å². The zero-order valence-electron chi connectivity index (χ0n) is 23.6. The van der Waals surface area contributed by atoms with E-state index in [-0.39, 0.29) is 30.8 Å². The molecule has 1 aromatic carbocycles. The van der Waals surface area contributed by atoms with Crippen LogP contribution in [0, 0.1) is 5.92 Å². The summed E-state index contributed by atoms with van der Waals surface area (Å²) in [5, 5.41) is 0. The van der Waals surface area contributed by atoms with Gasteiger partial charge in [-0.25, -0.2) is 4.79 Å². The van der Waals surface area contributed by atoms with Gasteiger partial charge in [0, 0.05) is 6.04 Å². The van der Waals surface area contributed by atoms with E-state index in [0.29, 0.717) is 11.8 Å². The molecular formula is C33H43NO4. The Bertz CT molecular complexity index is 1120. The summed E-state index contributed by atoms with van der Waals surface area (Å²) in [4.78, 5) is 15.7. The first-order valence-corrected chi connectivity index (χ1v) is 14.4. The normalized spacial score (nSPS) is 29.8. The van der Waals surface area contributed by atoms with Crippen molar-refractivity contribution in [2.75, 3.05) is 0 Å². The van der Waals surface area contributed by atoms with Crippen molar-refractivity contribution < 1.29 is 19.0 Å². The molecule has 38 heavy (non-hydrogen) atoms. The van der Waals surface area contributed by atoms with Gasteiger partial charge in [0.15, 0.2) is 12.6 Å². The number of allylic oxidation sites excluding steroid dienone is 4. The summed E-state index contributed by atoms with van der Waals surface area (Å²) >= 11 is 0. The molecule has 0 N–H and O–H groups in total. The third-order valence-electron chi connectivity index (χ3n) is 8.25. The maximum absolute atomic E-state index is 13.7. The second-order valence-corrected chi connectivity index (χ2v) is 12.2. The van der Waals surface area contributed by atoms with Gasteiger partial charge in [-0.3, -0.25) is 4.90 Å². The van der Waals surface area contributed by atoms with Crippen LogP contribution in [0.3, 0.4) is 0 Å². The minimum absolute atomic E-state index is 0.0309. The van der Waals surface area contributed by atoms with Gasteiger partial charge in [-0.05, 0) is 113 Å². The molecule has 4 atom stereocenters. The van der Waals surface area contributed by atoms with Crippen LogP contribution < -0.4 is 0 Å². The summed E-state index contributed by atoms with van der Waals surface area (Å²) in [7, 11) is 0. The van der Waals surface area contributed by atoms with Crippen molar-refractivity contribution >= 4 is 12.2 Å². The quantitative estimate of drug-likeness (QED) is 0.385. The van der Waals surface area contributed by atoms with Crippen molar-refractivity contribution in [3.8, 4) is 0 Å². The topological polar surface area (TPSA) is 48.0 Å². The highest BCUT2D eigenvalue weighted by atomic mass is 16.9. The number of hydrogen-bond acceptors (Lipinski definition) is 4. The van der Waals surface area contributed by atoms with Crippen LogP contribution in [-0.2, 0) is 14.2 Å². The van der Waals surface area contributed by atoms with E-state index in [1.807, 2.05) is 39.8 Å². The molecule has 0 bridgehead atoms. The molecule has 0 aromatic heterocycles. The summed E-state index contributed by atoms with van der Waals surface area (Å²) in [6.07, 6.45) is 19.0. The van der Waals surface area contributed by atoms with Crippen LogP contribution in [-0.4, -0.2) is 41.3 Å². The van der Waals surface area contributed by atoms with Crippen molar-refractivity contribution in [1.29, 1.82) is 0 Å². The van der Waals surface area contributed by atoms with E-state index in [1.165, 1.54) is 23.1 Å². The van der Waals surface area contributed by atoms with Gasteiger partial charge < -0.3 is 14.2 Å². The monoisotopic (exact) mass is 517 g/mol. The fourth-order valence-corrected chi connectivity index (χ4v) is 6.36. The Balaban J connectivity index is 1.32. The summed E-state index contributed by atoms with van der Waals surface area (Å²) in [5.74, 6) is 0.994. The lowest BCUT2D eigenvalue weighted by atomic mass is 9.79. The SMILES string of the molecule is CC1OC(/C=C/c2ccc([C@@H]3CC[C@H](N(C(=O)OC(C)(C)C)[C@H](C)C4=C5C=CCCC5CC=C4)C3)cc2)O1. The first-order chi connectivity index (χ1) is 18.2. The molecule has 5 rings (SSSR count). The largest absolute Gasteiger partial charge is 0.444 e. The summed E-state index contributed by atoms with van der Waals surface area (Å²) < 4.78 is 16.9. The lowest BCUT2D eigenvalue weighted by Gasteiger charge is -2.39. The first kappa shape index (κ1) is 27.0. The van der Waals surface area contributed by atoms with Gasteiger partial charge in [-0.1, -0.05) is 54.6 Å². The molecule has 4 aliphatic rings. The molecule has 5 nitrogen and oxygen atoms in total. The van der Waals surface area contributed by atoms with Gasteiger partial charge in [-0.2, -0.15) is 0 Å². The summed E-state index contributed by atoms with van der Waals surface area (Å²) in [6, 6.07) is 8.88. The minimum Gasteiger partial charge on any atom is -0.444 e. The highest BCUT2D eigenvalue weighted by molar-refractivity contribution is 5.70. The lowest BCUT2D eigenvalue weighted by molar-refractivity contribution is -0.354. The summed E-state index contributed by atoms with van der Waals surface area (Å²) in [6.45, 7) is 9.94. The van der Waals surface area contributed by atoms with E-state index in [2.05, 4.69) is 60.4 Å². The molecule has 5 heteroatoms. The van der Waals surface area contributed by atoms with E-state index >= 15 is 0 Å². The van der Waals surface area contributed by atoms with Gasteiger partial charge in [0.25, 0.3) is 0 Å². The molecule has 2 fully saturated rings. The molecule has 3 aliphatic carbocycles. The summed E-state index contributed by atoms with van der Waals surface area (Å²) in [5.41, 5.74) is 4.62. The van der Waals surface area contributed by atoms with Crippen LogP contribution in [0.25, 0.3) is 6.08 Å². The van der Waals surface area contributed by atoms with Gasteiger partial charge in [0.05, 0.1) is 6.04 Å². The minimum atomic E-state index is -0.530. The van der Waals surface area contributed by atoms with E-state index < -0.39 is 5.60 Å². The number of nitrogens with zero attached hydrogens (tertiary/aromatic N) is 1. The number of benzene rings is 1. The molecule has 0 spiro atoms. The average molecular weight is 518 g/mol. The number of carbonyl (C=O) groups excluding carboxylic acids is 1. The van der Waals surface area contributed by atoms with Gasteiger partial charge >= 0.3 is 6.09 Å². The second kappa shape index (κ2) is 11.2. The molecule has 1 amide bonds. The highest BCUT2D eigenvalue weighted by Crippen LogP contribution is 2.41. The van der Waals surface area contributed by atoms with Crippen molar-refractivity contribution in [2.24, 2.45) is 5.92 Å². The number of rotatable bonds is 6. The predicted octanol–water partition coefficient (Wildman–Crippen LogP) is 7.90. The fraction of sp³-hybridized carbons (Fsp3) is 0.545. The van der Waals surface area contributed by atoms with E-state index in [1.54, 1.807) is 0 Å². The molecule has 1 heterocycles. The zero-order chi connectivity index (χ0) is 26.9. The van der Waals surface area contributed by atoms with E-state index in [0.717, 1.165) is 37.7 Å². The van der Waals surface area contributed by atoms with Crippen LogP contribution in [0.15, 0.2) is 65.8 Å². The third kappa shape index (κ3) is 6.16. The Morgan fingerprint density at radius 1 is 1.05 bits per heavy atom. The van der Waals surface area contributed by atoms with Crippen LogP contribution in [0.4, 0.5) is 4.79 Å². The molecule has 1 saturated carbocycles. The predicted molar refractivity (Wildman–Crippen MR) is 151 cm³/mol. The Morgan fingerprint density at radius 3 is 2.53 bits per heavy atom. The zero-order valence-corrected chi connectivity index (χ0v) is 23.6. The van der Waals surface area contributed by atoms with Crippen LogP contribution >= 0.6 is 0 Å². The Hall–Kier alpha value is -2.63. The number of amides is 1. The molecule has 204 valence electrons. The second-order valence-electron chi connectivity index (χ2n) is 12.2. The standard InChI is InChI=1S/C33H43NO4/c1-22(29-12-8-10-26-9-6-7-11-30(26)29)34(32(35)38-33(3,4)5)28-19-18-27(21-28)25-16-13-24(14-17-25)15-20-31-36-23(2)37-31/h7-8,11-17,20,22-23,26-28,31H,6,9-10,18-19,21H2,1-5H3/b20-15+/t22-,23?,26?,27-,28+,31?/m1/s1. The fourth-order valence-electron chi connectivity index (χ4n) is 6.36. The van der Waals surface area contributed by atoms with Gasteiger partial charge in [0.1, 0.15) is 5.60 Å². The van der Waals surface area contributed by atoms with Crippen molar-refractivity contribution in [1.82, 2.24) is 4.90 Å². The smallest absolute Gasteiger partial charge is 0.411 e. The third-order valence-corrected chi connectivity index (χ3v) is 8.25. The maximum Gasteiger partial charge on any atom is 0.411 e. The average Bonchev–Trinajstić information content (AvgIpc) is 3.34. The van der Waals surface area contributed by atoms with Crippen LogP contribution in [0.2, 0.25) is 0 Å². The van der Waals surface area contributed by atoms with E-state index in [4.69, 9.17) is 14.2 Å². The Labute approximate surface area is 228 Å². The lowest BCUT2D eigenvalue weighted by Crippen LogP contribution is -2.48. The van der Waals surface area contributed by atoms with Crippen molar-refractivity contribution in [2.45, 2.75) is 109 Å². The van der Waals surface area contributed by atoms with E-state index in [9.17, 15) is 4.79 Å². The molecule has 1 aromatic rings. The molecular weight excluding hydrogens is 474 g/mol. The molecule has 1 aliphatic heterocycles. The molecule has 1 saturated heterocycles. The number of fused-ring (bicyclic) bond motifs is 1. The van der Waals surface area contributed by atoms with Crippen molar-refractivity contribution in [3.05, 3.63) is 76.9 Å². The van der Waals surface area contributed by atoms with Crippen LogP contribution in [0.5, 0.6) is 0 Å². The first-order valence-electron chi connectivity index (χ1n) is 14.4. The maximum atomic E-state index is 13.7. The van der Waals surface area contributed by atoms with Gasteiger partial charge in [-0.15, -0.1) is 0 Å².